The first kappa shape index (κ1) is 18.9. The Morgan fingerprint density at radius 1 is 1.15 bits per heavy atom. The molecule has 5 nitrogen and oxygen atoms in total. The van der Waals surface area contributed by atoms with Crippen molar-refractivity contribution in [2.24, 2.45) is 0 Å². The van der Waals surface area contributed by atoms with Gasteiger partial charge < -0.3 is 10.2 Å². The number of nitrogens with one attached hydrogen (secondary N) is 1. The molecule has 1 amide bonds. The van der Waals surface area contributed by atoms with Crippen molar-refractivity contribution in [3.63, 3.8) is 0 Å². The normalized spacial score (nSPS) is 22.0. The molecule has 2 unspecified atom stereocenters. The van der Waals surface area contributed by atoms with Crippen LogP contribution in [0.5, 0.6) is 0 Å². The molecule has 2 aliphatic heterocycles. The number of benzene rings is 1. The van der Waals surface area contributed by atoms with Crippen molar-refractivity contribution >= 4 is 18.3 Å². The molecule has 140 valence electrons. The fourth-order valence-corrected chi connectivity index (χ4v) is 4.23. The quantitative estimate of drug-likeness (QED) is 0.873. The molecule has 0 aliphatic carbocycles. The minimum Gasteiger partial charge on any atom is -0.331 e. The maximum Gasteiger partial charge on any atom is 0.258 e. The van der Waals surface area contributed by atoms with E-state index in [-0.39, 0.29) is 30.2 Å². The van der Waals surface area contributed by atoms with Gasteiger partial charge in [0.15, 0.2) is 0 Å². The third kappa shape index (κ3) is 3.12. The maximum absolute atomic E-state index is 13.3. The number of carbonyl (C=O) groups excluding carboxylic acids is 1. The second-order valence-corrected chi connectivity index (χ2v) is 7.02. The van der Waals surface area contributed by atoms with Crippen LogP contribution in [0, 0.1) is 19.7 Å². The van der Waals surface area contributed by atoms with E-state index in [1.165, 1.54) is 12.1 Å². The Bertz CT molecular complexity index is 791. The molecule has 4 rings (SSSR count). The van der Waals surface area contributed by atoms with Crippen LogP contribution < -0.4 is 5.32 Å². The van der Waals surface area contributed by atoms with Crippen LogP contribution in [-0.4, -0.2) is 45.8 Å². The SMILES string of the molecule is Cc1nn(-c2ccc(F)cc2)c(C)c1C(=O)N1C2CCNCC1CC2.Cl. The standard InChI is InChI=1S/C19H23FN4O.ClH/c1-12-18(13(2)24(22-12)16-5-3-14(20)4-6-16)19(25)23-15-7-8-17(23)11-21-10-9-15;/h3-6,15,17,21H,7-11H2,1-2H3;1H. The van der Waals surface area contributed by atoms with Gasteiger partial charge in [0, 0.05) is 18.6 Å². The van der Waals surface area contributed by atoms with Gasteiger partial charge in [0.05, 0.1) is 22.6 Å². The highest BCUT2D eigenvalue weighted by atomic mass is 35.5. The number of amides is 1. The number of carbonyl (C=O) groups is 1. The lowest BCUT2D eigenvalue weighted by Crippen LogP contribution is -2.42. The highest BCUT2D eigenvalue weighted by Crippen LogP contribution is 2.31. The summed E-state index contributed by atoms with van der Waals surface area (Å²) in [6.45, 7) is 5.62. The van der Waals surface area contributed by atoms with E-state index in [1.807, 2.05) is 13.8 Å². The third-order valence-corrected chi connectivity index (χ3v) is 5.47. The zero-order valence-electron chi connectivity index (χ0n) is 15.0. The first-order chi connectivity index (χ1) is 12.1. The van der Waals surface area contributed by atoms with Crippen molar-refractivity contribution < 1.29 is 9.18 Å². The van der Waals surface area contributed by atoms with E-state index in [9.17, 15) is 9.18 Å². The summed E-state index contributed by atoms with van der Waals surface area (Å²) in [6, 6.07) is 6.78. The molecule has 2 bridgehead atoms. The van der Waals surface area contributed by atoms with Crippen LogP contribution in [0.25, 0.3) is 5.69 Å². The molecule has 0 saturated carbocycles. The molecule has 26 heavy (non-hydrogen) atoms. The number of rotatable bonds is 2. The number of aryl methyl sites for hydroxylation is 1. The molecule has 1 aromatic carbocycles. The zero-order chi connectivity index (χ0) is 17.6. The molecule has 0 spiro atoms. The van der Waals surface area contributed by atoms with Gasteiger partial charge in [-0.05, 0) is 63.9 Å². The predicted octanol–water partition coefficient (Wildman–Crippen LogP) is 3.02. The smallest absolute Gasteiger partial charge is 0.258 e. The summed E-state index contributed by atoms with van der Waals surface area (Å²) < 4.78 is 14.9. The summed E-state index contributed by atoms with van der Waals surface area (Å²) in [4.78, 5) is 15.4. The molecular weight excluding hydrogens is 355 g/mol. The van der Waals surface area contributed by atoms with Crippen LogP contribution in [0.3, 0.4) is 0 Å². The van der Waals surface area contributed by atoms with E-state index < -0.39 is 0 Å². The Labute approximate surface area is 159 Å². The maximum atomic E-state index is 13.3. The number of halogens is 2. The average molecular weight is 379 g/mol. The van der Waals surface area contributed by atoms with E-state index in [0.29, 0.717) is 11.6 Å². The van der Waals surface area contributed by atoms with Crippen LogP contribution >= 0.6 is 12.4 Å². The minimum absolute atomic E-state index is 0. The topological polar surface area (TPSA) is 50.2 Å². The fraction of sp³-hybridized carbons (Fsp3) is 0.474. The van der Waals surface area contributed by atoms with Crippen LogP contribution in [0.4, 0.5) is 4.39 Å². The van der Waals surface area contributed by atoms with Gasteiger partial charge in [-0.15, -0.1) is 12.4 Å². The number of aromatic nitrogens is 2. The van der Waals surface area contributed by atoms with Gasteiger partial charge in [0.2, 0.25) is 0 Å². The van der Waals surface area contributed by atoms with Crippen LogP contribution in [-0.2, 0) is 0 Å². The van der Waals surface area contributed by atoms with Crippen molar-refractivity contribution in [2.75, 3.05) is 13.1 Å². The van der Waals surface area contributed by atoms with Gasteiger partial charge in [-0.1, -0.05) is 0 Å². The van der Waals surface area contributed by atoms with Gasteiger partial charge in [0.1, 0.15) is 5.82 Å². The Hall–Kier alpha value is -1.92. The molecule has 3 heterocycles. The van der Waals surface area contributed by atoms with E-state index in [1.54, 1.807) is 16.8 Å². The van der Waals surface area contributed by atoms with Gasteiger partial charge in [-0.25, -0.2) is 9.07 Å². The summed E-state index contributed by atoms with van der Waals surface area (Å²) in [6.07, 6.45) is 3.16. The zero-order valence-corrected chi connectivity index (χ0v) is 15.9. The fourth-order valence-electron chi connectivity index (χ4n) is 4.23. The highest BCUT2D eigenvalue weighted by Gasteiger charge is 2.39. The minimum atomic E-state index is -0.282. The van der Waals surface area contributed by atoms with Crippen molar-refractivity contribution in [3.05, 3.63) is 47.0 Å². The molecule has 2 aliphatic rings. The molecule has 2 saturated heterocycles. The Kier molecular flexibility index (Phi) is 5.34. The second-order valence-electron chi connectivity index (χ2n) is 7.02. The molecule has 2 aromatic rings. The predicted molar refractivity (Wildman–Crippen MR) is 101 cm³/mol. The first-order valence-electron chi connectivity index (χ1n) is 8.92. The van der Waals surface area contributed by atoms with Gasteiger partial charge >= 0.3 is 0 Å². The Morgan fingerprint density at radius 2 is 1.85 bits per heavy atom. The number of nitrogens with zero attached hydrogens (tertiary/aromatic N) is 3. The van der Waals surface area contributed by atoms with E-state index in [2.05, 4.69) is 15.3 Å². The summed E-state index contributed by atoms with van der Waals surface area (Å²) >= 11 is 0. The Morgan fingerprint density at radius 3 is 2.58 bits per heavy atom. The van der Waals surface area contributed by atoms with Crippen molar-refractivity contribution in [1.82, 2.24) is 20.0 Å². The summed E-state index contributed by atoms with van der Waals surface area (Å²) in [5, 5.41) is 7.98. The molecule has 1 N–H and O–H groups in total. The summed E-state index contributed by atoms with van der Waals surface area (Å²) in [5.74, 6) is -0.199. The monoisotopic (exact) mass is 378 g/mol. The summed E-state index contributed by atoms with van der Waals surface area (Å²) in [5.41, 5.74) is 2.99. The molecule has 0 radical (unpaired) electrons. The lowest BCUT2D eigenvalue weighted by atomic mass is 10.1. The van der Waals surface area contributed by atoms with Gasteiger partial charge in [-0.3, -0.25) is 4.79 Å². The second kappa shape index (κ2) is 7.37. The van der Waals surface area contributed by atoms with E-state index >= 15 is 0 Å². The van der Waals surface area contributed by atoms with Crippen molar-refractivity contribution in [3.8, 4) is 5.69 Å². The van der Waals surface area contributed by atoms with Gasteiger partial charge in [-0.2, -0.15) is 5.10 Å². The number of hydrogen-bond acceptors (Lipinski definition) is 3. The van der Waals surface area contributed by atoms with Crippen LogP contribution in [0.2, 0.25) is 0 Å². The summed E-state index contributed by atoms with van der Waals surface area (Å²) in [7, 11) is 0. The number of fused-ring (bicyclic) bond motifs is 2. The molecule has 1 aromatic heterocycles. The van der Waals surface area contributed by atoms with Crippen LogP contribution in [0.15, 0.2) is 24.3 Å². The third-order valence-electron chi connectivity index (χ3n) is 5.47. The molecular formula is C19H24ClFN4O. The van der Waals surface area contributed by atoms with E-state index in [0.717, 1.165) is 49.4 Å². The molecule has 7 heteroatoms. The molecule has 2 fully saturated rings. The van der Waals surface area contributed by atoms with E-state index in [4.69, 9.17) is 0 Å². The largest absolute Gasteiger partial charge is 0.331 e. The highest BCUT2D eigenvalue weighted by molar-refractivity contribution is 5.97. The van der Waals surface area contributed by atoms with Crippen molar-refractivity contribution in [1.29, 1.82) is 0 Å². The van der Waals surface area contributed by atoms with Gasteiger partial charge in [0.25, 0.3) is 5.91 Å². The Balaban J connectivity index is 0.00000196. The molecule has 2 atom stereocenters. The van der Waals surface area contributed by atoms with Crippen LogP contribution in [0.1, 0.15) is 41.0 Å². The first-order valence-corrected chi connectivity index (χ1v) is 8.92. The lowest BCUT2D eigenvalue weighted by Gasteiger charge is -2.28. The number of hydrogen-bond donors (Lipinski definition) is 1. The van der Waals surface area contributed by atoms with Crippen molar-refractivity contribution in [2.45, 2.75) is 45.2 Å². The average Bonchev–Trinajstić information content (AvgIpc) is 3.02. The lowest BCUT2D eigenvalue weighted by molar-refractivity contribution is 0.0679.